The first kappa shape index (κ1) is 24.8. The third-order valence-corrected chi connectivity index (χ3v) is 7.12. The van der Waals surface area contributed by atoms with Gasteiger partial charge in [-0.15, -0.1) is 21.5 Å². The molecule has 0 aliphatic rings. The van der Waals surface area contributed by atoms with E-state index >= 15 is 0 Å². The Morgan fingerprint density at radius 1 is 1.11 bits per heavy atom. The molecule has 0 aliphatic carbocycles. The Morgan fingerprint density at radius 3 is 2.57 bits per heavy atom. The number of amides is 1. The summed E-state index contributed by atoms with van der Waals surface area (Å²) in [5, 5.41) is 14.6. The molecule has 4 rings (SSSR count). The number of halogens is 1. The van der Waals surface area contributed by atoms with E-state index in [1.165, 1.54) is 30.2 Å². The topological polar surface area (TPSA) is 95.3 Å². The molecule has 2 aromatic carbocycles. The average Bonchev–Trinajstić information content (AvgIpc) is 3.45. The summed E-state index contributed by atoms with van der Waals surface area (Å²) >= 11 is 8.40. The van der Waals surface area contributed by atoms with E-state index in [-0.39, 0.29) is 18.3 Å². The smallest absolute Gasteiger partial charge is 0.341 e. The molecule has 180 valence electrons. The molecule has 4 aromatic rings. The third kappa shape index (κ3) is 6.02. The number of carbonyl (C=O) groups excluding carboxylic acids is 2. The molecule has 0 unspecified atom stereocenters. The zero-order valence-electron chi connectivity index (χ0n) is 18.9. The first-order valence-corrected chi connectivity index (χ1v) is 12.6. The van der Waals surface area contributed by atoms with Gasteiger partial charge in [-0.2, -0.15) is 0 Å². The fourth-order valence-corrected chi connectivity index (χ4v) is 4.98. The van der Waals surface area contributed by atoms with Gasteiger partial charge in [0.2, 0.25) is 5.91 Å². The number of hydrogen-bond acceptors (Lipinski definition) is 8. The maximum absolute atomic E-state index is 12.7. The number of nitrogens with one attached hydrogen (secondary N) is 1. The van der Waals surface area contributed by atoms with Gasteiger partial charge in [-0.1, -0.05) is 53.7 Å². The minimum absolute atomic E-state index is 0.0865. The maximum atomic E-state index is 12.7. The van der Waals surface area contributed by atoms with Gasteiger partial charge in [-0.3, -0.25) is 4.79 Å². The van der Waals surface area contributed by atoms with E-state index in [1.54, 1.807) is 28.8 Å². The highest BCUT2D eigenvalue weighted by Crippen LogP contribution is 2.36. The van der Waals surface area contributed by atoms with Crippen LogP contribution in [0.5, 0.6) is 5.75 Å². The molecule has 0 spiro atoms. The molecule has 35 heavy (non-hydrogen) atoms. The van der Waals surface area contributed by atoms with E-state index in [2.05, 4.69) is 15.5 Å². The minimum atomic E-state index is -0.508. The molecule has 8 nitrogen and oxygen atoms in total. The van der Waals surface area contributed by atoms with E-state index in [9.17, 15) is 9.59 Å². The highest BCUT2D eigenvalue weighted by Gasteiger charge is 2.22. The molecule has 0 atom stereocenters. The van der Waals surface area contributed by atoms with E-state index in [0.29, 0.717) is 37.9 Å². The van der Waals surface area contributed by atoms with Crippen molar-refractivity contribution >= 4 is 51.6 Å². The van der Waals surface area contributed by atoms with Gasteiger partial charge < -0.3 is 19.4 Å². The number of esters is 1. The number of thioether (sulfide) groups is 1. The Bertz CT molecular complexity index is 1320. The highest BCUT2D eigenvalue weighted by molar-refractivity contribution is 7.99. The largest absolute Gasteiger partial charge is 0.486 e. The summed E-state index contributed by atoms with van der Waals surface area (Å²) in [7, 11) is 3.13. The van der Waals surface area contributed by atoms with Gasteiger partial charge in [0.25, 0.3) is 0 Å². The minimum Gasteiger partial charge on any atom is -0.486 e. The summed E-state index contributed by atoms with van der Waals surface area (Å²) < 4.78 is 12.4. The molecule has 2 aromatic heterocycles. The van der Waals surface area contributed by atoms with Crippen LogP contribution in [0.4, 0.5) is 5.00 Å². The first-order valence-electron chi connectivity index (χ1n) is 10.4. The highest BCUT2D eigenvalue weighted by atomic mass is 35.5. The van der Waals surface area contributed by atoms with Crippen molar-refractivity contribution in [3.05, 3.63) is 76.4 Å². The number of hydrogen-bond donors (Lipinski definition) is 1. The van der Waals surface area contributed by atoms with Crippen molar-refractivity contribution in [1.29, 1.82) is 0 Å². The van der Waals surface area contributed by atoms with E-state index in [0.717, 1.165) is 5.56 Å². The van der Waals surface area contributed by atoms with E-state index in [1.807, 2.05) is 42.8 Å². The zero-order chi connectivity index (χ0) is 24.8. The lowest BCUT2D eigenvalue weighted by atomic mass is 10.0. The van der Waals surface area contributed by atoms with Crippen molar-refractivity contribution in [3.63, 3.8) is 0 Å². The number of aromatic nitrogens is 3. The molecular formula is C24H21ClN4O4S2. The van der Waals surface area contributed by atoms with Gasteiger partial charge in [-0.25, -0.2) is 4.79 Å². The number of methoxy groups -OCH3 is 1. The third-order valence-electron chi connectivity index (χ3n) is 4.96. The Labute approximate surface area is 215 Å². The van der Waals surface area contributed by atoms with E-state index < -0.39 is 5.97 Å². The quantitative estimate of drug-likeness (QED) is 0.233. The predicted octanol–water partition coefficient (Wildman–Crippen LogP) is 5.29. The van der Waals surface area contributed by atoms with Gasteiger partial charge >= 0.3 is 5.97 Å². The van der Waals surface area contributed by atoms with Crippen molar-refractivity contribution in [2.45, 2.75) is 11.8 Å². The van der Waals surface area contributed by atoms with Gasteiger partial charge in [0.15, 0.2) is 11.0 Å². The van der Waals surface area contributed by atoms with Crippen molar-refractivity contribution in [1.82, 2.24) is 14.8 Å². The molecule has 0 saturated carbocycles. The average molecular weight is 529 g/mol. The lowest BCUT2D eigenvalue weighted by Crippen LogP contribution is -2.16. The van der Waals surface area contributed by atoms with Gasteiger partial charge in [0.1, 0.15) is 22.9 Å². The standard InChI is InChI=1S/C24H21ClN4O4S2/c1-29-19(12-33-17-10-8-16(25)9-11-17)27-28-24(29)35-14-20(30)26-22-21(23(31)32-2)18(13-34-22)15-6-4-3-5-7-15/h3-11,13H,12,14H2,1-2H3,(H,26,30). The summed E-state index contributed by atoms with van der Waals surface area (Å²) in [5.41, 5.74) is 1.91. The normalized spacial score (nSPS) is 10.7. The summed E-state index contributed by atoms with van der Waals surface area (Å²) in [6.07, 6.45) is 0. The van der Waals surface area contributed by atoms with Crippen LogP contribution in [0.25, 0.3) is 11.1 Å². The van der Waals surface area contributed by atoms with Crippen LogP contribution in [-0.4, -0.2) is 39.5 Å². The SMILES string of the molecule is COC(=O)c1c(-c2ccccc2)csc1NC(=O)CSc1nnc(COc2ccc(Cl)cc2)n1C. The Hall–Kier alpha value is -3.34. The second-order valence-electron chi connectivity index (χ2n) is 7.25. The van der Waals surface area contributed by atoms with Crippen molar-refractivity contribution < 1.29 is 19.1 Å². The second-order valence-corrected chi connectivity index (χ2v) is 9.51. The first-order chi connectivity index (χ1) is 17.0. The summed E-state index contributed by atoms with van der Waals surface area (Å²) in [5.74, 6) is 0.582. The van der Waals surface area contributed by atoms with Gasteiger partial charge in [0, 0.05) is 23.0 Å². The van der Waals surface area contributed by atoms with Crippen LogP contribution in [0.3, 0.4) is 0 Å². The number of nitrogens with zero attached hydrogens (tertiary/aromatic N) is 3. The number of benzene rings is 2. The fourth-order valence-electron chi connectivity index (χ4n) is 3.15. The Kier molecular flexibility index (Phi) is 8.06. The van der Waals surface area contributed by atoms with Gasteiger partial charge in [0.05, 0.1) is 12.9 Å². The molecule has 0 bridgehead atoms. The van der Waals surface area contributed by atoms with E-state index in [4.69, 9.17) is 21.1 Å². The van der Waals surface area contributed by atoms with Crippen molar-refractivity contribution in [2.75, 3.05) is 18.2 Å². The van der Waals surface area contributed by atoms with Crippen LogP contribution in [0.1, 0.15) is 16.2 Å². The van der Waals surface area contributed by atoms with Crippen LogP contribution in [0.15, 0.2) is 65.1 Å². The Morgan fingerprint density at radius 2 is 1.86 bits per heavy atom. The Balaban J connectivity index is 1.39. The molecule has 0 radical (unpaired) electrons. The van der Waals surface area contributed by atoms with Crippen LogP contribution in [0.2, 0.25) is 5.02 Å². The van der Waals surface area contributed by atoms with Crippen LogP contribution in [-0.2, 0) is 23.2 Å². The number of rotatable bonds is 9. The molecule has 0 saturated heterocycles. The molecule has 11 heteroatoms. The predicted molar refractivity (Wildman–Crippen MR) is 137 cm³/mol. The second kappa shape index (κ2) is 11.4. The molecule has 1 N–H and O–H groups in total. The summed E-state index contributed by atoms with van der Waals surface area (Å²) in [4.78, 5) is 25.1. The van der Waals surface area contributed by atoms with Crippen molar-refractivity contribution in [2.24, 2.45) is 7.05 Å². The zero-order valence-corrected chi connectivity index (χ0v) is 21.2. The number of anilines is 1. The summed E-state index contributed by atoms with van der Waals surface area (Å²) in [6, 6.07) is 16.5. The van der Waals surface area contributed by atoms with Crippen LogP contribution < -0.4 is 10.1 Å². The maximum Gasteiger partial charge on any atom is 0.341 e. The number of thiophene rings is 1. The molecule has 0 fully saturated rings. The van der Waals surface area contributed by atoms with Crippen LogP contribution in [0, 0.1) is 0 Å². The summed E-state index contributed by atoms with van der Waals surface area (Å²) in [6.45, 7) is 0.220. The lowest BCUT2D eigenvalue weighted by Gasteiger charge is -2.08. The molecule has 1 amide bonds. The van der Waals surface area contributed by atoms with Gasteiger partial charge in [-0.05, 0) is 29.8 Å². The fraction of sp³-hybridized carbons (Fsp3) is 0.167. The van der Waals surface area contributed by atoms with Crippen molar-refractivity contribution in [3.8, 4) is 16.9 Å². The lowest BCUT2D eigenvalue weighted by molar-refractivity contribution is -0.113. The monoisotopic (exact) mass is 528 g/mol. The number of carbonyl (C=O) groups is 2. The molecule has 0 aliphatic heterocycles. The molecular weight excluding hydrogens is 508 g/mol. The molecule has 2 heterocycles. The number of ether oxygens (including phenoxy) is 2. The van der Waals surface area contributed by atoms with Crippen LogP contribution >= 0.6 is 34.7 Å².